The molecule has 0 bridgehead atoms. The Labute approximate surface area is 297 Å². The van der Waals surface area contributed by atoms with E-state index in [0.29, 0.717) is 18.7 Å². The average molecular weight is 708 g/mol. The number of nitrogens with zero attached hydrogens (tertiary/aromatic N) is 2. The Bertz CT molecular complexity index is 1580. The number of aromatic nitrogens is 1. The van der Waals surface area contributed by atoms with Gasteiger partial charge in [-0.05, 0) is 78.9 Å². The van der Waals surface area contributed by atoms with E-state index in [4.69, 9.17) is 35.3 Å². The van der Waals surface area contributed by atoms with E-state index < -0.39 is 37.0 Å². The summed E-state index contributed by atoms with van der Waals surface area (Å²) in [4.78, 5) is 17.9. The number of rotatable bonds is 15. The van der Waals surface area contributed by atoms with E-state index >= 15 is 0 Å². The van der Waals surface area contributed by atoms with Crippen LogP contribution in [0.1, 0.15) is 65.1 Å². The first-order valence-electron chi connectivity index (χ1n) is 16.9. The predicted octanol–water partition coefficient (Wildman–Crippen LogP) is 4.41. The van der Waals surface area contributed by atoms with Crippen LogP contribution in [0, 0.1) is 0 Å². The Kier molecular flexibility index (Phi) is 15.2. The lowest BCUT2D eigenvalue weighted by molar-refractivity contribution is -0.113. The van der Waals surface area contributed by atoms with Gasteiger partial charge in [0.2, 0.25) is 0 Å². The summed E-state index contributed by atoms with van der Waals surface area (Å²) < 4.78 is 6.04. The summed E-state index contributed by atoms with van der Waals surface area (Å²) in [5, 5.41) is 59.5. The molecular formula is C38H49N3O8S. The van der Waals surface area contributed by atoms with Crippen molar-refractivity contribution in [3.05, 3.63) is 100 Å². The van der Waals surface area contributed by atoms with Gasteiger partial charge >= 0.3 is 5.97 Å². The number of carboxylic acids is 1. The van der Waals surface area contributed by atoms with Gasteiger partial charge in [-0.25, -0.2) is 9.78 Å². The van der Waals surface area contributed by atoms with Crippen molar-refractivity contribution in [1.82, 2.24) is 10.3 Å². The van der Waals surface area contributed by atoms with Crippen molar-refractivity contribution in [3.63, 3.8) is 0 Å². The SMILES string of the molecule is CN(Cc1ccc(C(=O)O)cc1)c1nc(-c2ccc(OCc3ccc(C4CCCCC4)cc3)cc2)cs1.CNC[C@H](O)[C@@H](O)[C@H](O)[C@H](O)CO. The summed E-state index contributed by atoms with van der Waals surface area (Å²) in [6.07, 6.45) is 1.09. The van der Waals surface area contributed by atoms with Gasteiger partial charge in [-0.3, -0.25) is 0 Å². The van der Waals surface area contributed by atoms with Crippen LogP contribution >= 0.6 is 11.3 Å². The molecule has 1 saturated carbocycles. The molecule has 50 heavy (non-hydrogen) atoms. The smallest absolute Gasteiger partial charge is 0.335 e. The fraction of sp³-hybridized carbons (Fsp3) is 0.421. The van der Waals surface area contributed by atoms with Crippen molar-refractivity contribution >= 4 is 22.4 Å². The molecule has 0 saturated heterocycles. The summed E-state index contributed by atoms with van der Waals surface area (Å²) in [5.74, 6) is 0.662. The predicted molar refractivity (Wildman–Crippen MR) is 195 cm³/mol. The van der Waals surface area contributed by atoms with E-state index in [1.54, 1.807) is 30.5 Å². The molecule has 1 aromatic heterocycles. The molecule has 4 aromatic rings. The lowest BCUT2D eigenvalue weighted by atomic mass is 9.84. The molecule has 5 rings (SSSR count). The number of benzene rings is 3. The highest BCUT2D eigenvalue weighted by molar-refractivity contribution is 7.14. The van der Waals surface area contributed by atoms with Crippen molar-refractivity contribution in [2.24, 2.45) is 0 Å². The lowest BCUT2D eigenvalue weighted by Gasteiger charge is -2.25. The topological polar surface area (TPSA) is 176 Å². The molecular weight excluding hydrogens is 658 g/mol. The molecule has 4 atom stereocenters. The maximum atomic E-state index is 11.1. The Balaban J connectivity index is 0.000000369. The van der Waals surface area contributed by atoms with Crippen LogP contribution in [0.4, 0.5) is 5.13 Å². The number of ether oxygens (including phenoxy) is 1. The molecule has 3 aromatic carbocycles. The van der Waals surface area contributed by atoms with Crippen LogP contribution in [-0.4, -0.2) is 93.3 Å². The van der Waals surface area contributed by atoms with E-state index in [-0.39, 0.29) is 6.54 Å². The molecule has 12 heteroatoms. The number of aromatic carboxylic acids is 1. The second-order valence-corrected chi connectivity index (χ2v) is 13.5. The summed E-state index contributed by atoms with van der Waals surface area (Å²) in [7, 11) is 3.57. The average Bonchev–Trinajstić information content (AvgIpc) is 3.65. The normalized spacial score (nSPS) is 15.7. The van der Waals surface area contributed by atoms with Crippen LogP contribution in [0.15, 0.2) is 78.2 Å². The summed E-state index contributed by atoms with van der Waals surface area (Å²) in [6, 6.07) is 24.0. The van der Waals surface area contributed by atoms with Crippen molar-refractivity contribution in [2.45, 2.75) is 75.6 Å². The molecule has 1 heterocycles. The third-order valence-corrected chi connectivity index (χ3v) is 9.74. The highest BCUT2D eigenvalue weighted by Gasteiger charge is 2.29. The monoisotopic (exact) mass is 707 g/mol. The number of anilines is 1. The summed E-state index contributed by atoms with van der Waals surface area (Å²) >= 11 is 1.59. The number of likely N-dealkylation sites (N-methyl/N-ethyl adjacent to an activating group) is 1. The zero-order valence-electron chi connectivity index (χ0n) is 28.6. The van der Waals surface area contributed by atoms with Crippen LogP contribution in [0.3, 0.4) is 0 Å². The number of aliphatic hydroxyl groups excluding tert-OH is 5. The quantitative estimate of drug-likeness (QED) is 0.0932. The fourth-order valence-corrected chi connectivity index (χ4v) is 6.57. The number of carbonyl (C=O) groups is 1. The Morgan fingerprint density at radius 2 is 1.52 bits per heavy atom. The van der Waals surface area contributed by atoms with Gasteiger partial charge in [0.25, 0.3) is 0 Å². The largest absolute Gasteiger partial charge is 0.489 e. The lowest BCUT2D eigenvalue weighted by Crippen LogP contribution is -2.48. The molecule has 11 nitrogen and oxygen atoms in total. The van der Waals surface area contributed by atoms with Gasteiger partial charge in [0.15, 0.2) is 5.13 Å². The fourth-order valence-electron chi connectivity index (χ4n) is 5.77. The van der Waals surface area contributed by atoms with Crippen molar-refractivity contribution < 1.29 is 40.2 Å². The third kappa shape index (κ3) is 11.3. The Morgan fingerprint density at radius 3 is 2.12 bits per heavy atom. The van der Waals surface area contributed by atoms with Crippen LogP contribution in [-0.2, 0) is 13.2 Å². The number of hydrogen-bond acceptors (Lipinski definition) is 11. The van der Waals surface area contributed by atoms with E-state index in [1.165, 1.54) is 43.2 Å². The second kappa shape index (κ2) is 19.5. The maximum absolute atomic E-state index is 11.1. The minimum atomic E-state index is -1.55. The van der Waals surface area contributed by atoms with Crippen LogP contribution < -0.4 is 15.0 Å². The molecule has 270 valence electrons. The highest BCUT2D eigenvalue weighted by Crippen LogP contribution is 2.33. The molecule has 1 aliphatic rings. The molecule has 0 spiro atoms. The van der Waals surface area contributed by atoms with Gasteiger partial charge in [0, 0.05) is 31.1 Å². The molecule has 0 aliphatic heterocycles. The molecule has 1 fully saturated rings. The van der Waals surface area contributed by atoms with Crippen molar-refractivity contribution in [2.75, 3.05) is 32.1 Å². The van der Waals surface area contributed by atoms with E-state index in [0.717, 1.165) is 33.6 Å². The van der Waals surface area contributed by atoms with Gasteiger partial charge in [0.05, 0.1) is 24.0 Å². The second-order valence-electron chi connectivity index (χ2n) is 12.6. The van der Waals surface area contributed by atoms with Gasteiger partial charge in [-0.15, -0.1) is 11.3 Å². The van der Waals surface area contributed by atoms with Crippen molar-refractivity contribution in [1.29, 1.82) is 0 Å². The van der Waals surface area contributed by atoms with E-state index in [9.17, 15) is 9.90 Å². The number of aliphatic hydroxyl groups is 5. The van der Waals surface area contributed by atoms with E-state index in [1.807, 2.05) is 43.4 Å². The number of nitrogens with one attached hydrogen (secondary N) is 1. The Hall–Kier alpha value is -3.88. The van der Waals surface area contributed by atoms with Crippen LogP contribution in [0.5, 0.6) is 5.75 Å². The Morgan fingerprint density at radius 1 is 0.900 bits per heavy atom. The standard InChI is InChI=1S/C31H32N2O3S.C7H17NO5/c1-33(19-22-7-13-27(14-8-22)30(34)35)31-32-29(21-37-31)26-15-17-28(18-16-26)36-20-23-9-11-25(12-10-23)24-5-3-2-4-6-24;1-8-2-4(10)6(12)7(13)5(11)3-9/h7-18,21,24H,2-6,19-20H2,1H3,(H,34,35);4-13H,2-3H2,1H3/t;4-,5+,6+,7+/m.0/s1. The van der Waals surface area contributed by atoms with Crippen LogP contribution in [0.2, 0.25) is 0 Å². The van der Waals surface area contributed by atoms with Crippen LogP contribution in [0.25, 0.3) is 11.3 Å². The van der Waals surface area contributed by atoms with E-state index in [2.05, 4.69) is 39.9 Å². The molecule has 0 unspecified atom stereocenters. The number of hydrogen-bond donors (Lipinski definition) is 7. The number of thiazole rings is 1. The summed E-state index contributed by atoms with van der Waals surface area (Å²) in [6.45, 7) is 0.644. The van der Waals surface area contributed by atoms with Gasteiger partial charge in [-0.1, -0.05) is 55.7 Å². The maximum Gasteiger partial charge on any atom is 0.335 e. The molecule has 0 radical (unpaired) electrons. The zero-order valence-corrected chi connectivity index (χ0v) is 29.4. The zero-order chi connectivity index (χ0) is 36.0. The first-order chi connectivity index (χ1) is 24.1. The van der Waals surface area contributed by atoms with Gasteiger partial charge in [-0.2, -0.15) is 0 Å². The first kappa shape index (κ1) is 38.9. The molecule has 1 aliphatic carbocycles. The highest BCUT2D eigenvalue weighted by atomic mass is 32.1. The number of carboxylic acid groups (broad SMARTS) is 1. The van der Waals surface area contributed by atoms with Crippen molar-refractivity contribution in [3.8, 4) is 17.0 Å². The minimum absolute atomic E-state index is 0.0936. The third-order valence-electron chi connectivity index (χ3n) is 8.79. The first-order valence-corrected chi connectivity index (χ1v) is 17.8. The molecule has 0 amide bonds. The molecule has 7 N–H and O–H groups in total. The van der Waals surface area contributed by atoms with Gasteiger partial charge in [0.1, 0.15) is 30.7 Å². The minimum Gasteiger partial charge on any atom is -0.489 e. The van der Waals surface area contributed by atoms with Gasteiger partial charge < -0.3 is 45.6 Å². The summed E-state index contributed by atoms with van der Waals surface area (Å²) in [5.41, 5.74) is 5.96.